The van der Waals surface area contributed by atoms with Gasteiger partial charge in [0.15, 0.2) is 0 Å². The fourth-order valence-electron chi connectivity index (χ4n) is 4.03. The number of hydrogen-bond donors (Lipinski definition) is 1. The number of carbonyl (C=O) groups is 1. The van der Waals surface area contributed by atoms with Crippen molar-refractivity contribution in [1.82, 2.24) is 19.7 Å². The number of fused-ring (bicyclic) bond motifs is 1. The minimum Gasteiger partial charge on any atom is -0.324 e. The number of nitrogens with one attached hydrogen (secondary N) is 1. The van der Waals surface area contributed by atoms with Crippen LogP contribution in [0.25, 0.3) is 0 Å². The zero-order valence-corrected chi connectivity index (χ0v) is 17.3. The van der Waals surface area contributed by atoms with Crippen molar-refractivity contribution < 1.29 is 4.79 Å². The smallest absolute Gasteiger partial charge is 0.323 e. The molecule has 2 aliphatic rings. The van der Waals surface area contributed by atoms with E-state index in [0.29, 0.717) is 5.92 Å². The van der Waals surface area contributed by atoms with Crippen molar-refractivity contribution in [2.24, 2.45) is 0 Å². The van der Waals surface area contributed by atoms with Crippen LogP contribution < -0.4 is 5.32 Å². The lowest BCUT2D eigenvalue weighted by molar-refractivity contribution is 0.192. The van der Waals surface area contributed by atoms with Crippen molar-refractivity contribution in [3.8, 4) is 0 Å². The molecule has 0 aromatic carbocycles. The van der Waals surface area contributed by atoms with Gasteiger partial charge in [-0.3, -0.25) is 5.32 Å². The third-order valence-electron chi connectivity index (χ3n) is 5.43. The molecule has 1 atom stereocenters. The molecule has 146 valence electrons. The number of thiazole rings is 1. The molecule has 27 heavy (non-hydrogen) atoms. The van der Waals surface area contributed by atoms with Crippen LogP contribution in [0.15, 0.2) is 12.3 Å². The second-order valence-electron chi connectivity index (χ2n) is 8.64. The van der Waals surface area contributed by atoms with Crippen LogP contribution in [0.4, 0.5) is 10.6 Å². The predicted octanol–water partition coefficient (Wildman–Crippen LogP) is 4.38. The number of hydrogen-bond acceptors (Lipinski definition) is 4. The summed E-state index contributed by atoms with van der Waals surface area (Å²) in [6, 6.07) is 1.83. The molecule has 0 spiro atoms. The molecule has 4 rings (SSSR count). The third-order valence-corrected chi connectivity index (χ3v) is 6.75. The quantitative estimate of drug-likeness (QED) is 0.831. The first-order chi connectivity index (χ1) is 12.9. The number of carbonyl (C=O) groups excluding carboxylic acids is 1. The van der Waals surface area contributed by atoms with Gasteiger partial charge in [-0.15, -0.1) is 11.3 Å². The van der Waals surface area contributed by atoms with E-state index >= 15 is 0 Å². The molecule has 1 unspecified atom stereocenters. The van der Waals surface area contributed by atoms with Gasteiger partial charge in [-0.05, 0) is 59.3 Å². The van der Waals surface area contributed by atoms with Crippen LogP contribution in [-0.2, 0) is 18.4 Å². The summed E-state index contributed by atoms with van der Waals surface area (Å²) in [6.07, 6.45) is 8.74. The van der Waals surface area contributed by atoms with Crippen molar-refractivity contribution in [2.75, 3.05) is 18.4 Å². The Morgan fingerprint density at radius 2 is 2.07 bits per heavy atom. The number of rotatable bonds is 2. The summed E-state index contributed by atoms with van der Waals surface area (Å²) in [4.78, 5) is 21.2. The molecule has 3 heterocycles. The van der Waals surface area contributed by atoms with Gasteiger partial charge in [-0.25, -0.2) is 14.5 Å². The van der Waals surface area contributed by atoms with Crippen LogP contribution in [0.2, 0.25) is 0 Å². The number of likely N-dealkylation sites (tertiary alicyclic amines) is 1. The van der Waals surface area contributed by atoms with Gasteiger partial charge >= 0.3 is 6.03 Å². The maximum Gasteiger partial charge on any atom is 0.323 e. The summed E-state index contributed by atoms with van der Waals surface area (Å²) in [7, 11) is 0. The second kappa shape index (κ2) is 7.26. The van der Waals surface area contributed by atoms with E-state index in [-0.39, 0.29) is 11.6 Å². The molecular weight excluding hydrogens is 358 g/mol. The fraction of sp³-hybridized carbons (Fsp3) is 0.650. The zero-order valence-electron chi connectivity index (χ0n) is 16.5. The van der Waals surface area contributed by atoms with Gasteiger partial charge < -0.3 is 4.90 Å². The van der Waals surface area contributed by atoms with Crippen LogP contribution in [0, 0.1) is 0 Å². The molecule has 2 aromatic rings. The average molecular weight is 388 g/mol. The van der Waals surface area contributed by atoms with E-state index in [0.717, 1.165) is 38.2 Å². The van der Waals surface area contributed by atoms with E-state index in [2.05, 4.69) is 31.2 Å². The number of piperidine rings is 1. The number of aryl methyl sites for hydroxylation is 2. The summed E-state index contributed by atoms with van der Waals surface area (Å²) in [5.74, 6) is 1.12. The Hall–Kier alpha value is -1.89. The van der Waals surface area contributed by atoms with Crippen LogP contribution in [0.1, 0.15) is 68.0 Å². The Balaban J connectivity index is 1.44. The van der Waals surface area contributed by atoms with Gasteiger partial charge in [0.2, 0.25) is 0 Å². The van der Waals surface area contributed by atoms with Crippen LogP contribution in [0.3, 0.4) is 0 Å². The van der Waals surface area contributed by atoms with Crippen molar-refractivity contribution in [3.63, 3.8) is 0 Å². The number of urea groups is 1. The Morgan fingerprint density at radius 3 is 2.85 bits per heavy atom. The number of nitrogens with zero attached hydrogens (tertiary/aromatic N) is 4. The van der Waals surface area contributed by atoms with Crippen molar-refractivity contribution in [3.05, 3.63) is 27.8 Å². The lowest BCUT2D eigenvalue weighted by Gasteiger charge is -2.32. The van der Waals surface area contributed by atoms with E-state index in [1.165, 1.54) is 34.8 Å². The summed E-state index contributed by atoms with van der Waals surface area (Å²) >= 11 is 1.88. The molecule has 1 aliphatic carbocycles. The van der Waals surface area contributed by atoms with Gasteiger partial charge in [0.1, 0.15) is 5.82 Å². The van der Waals surface area contributed by atoms with Gasteiger partial charge in [0, 0.05) is 30.0 Å². The molecule has 0 radical (unpaired) electrons. The molecule has 1 fully saturated rings. The minimum atomic E-state index is -0.170. The third kappa shape index (κ3) is 3.88. The Morgan fingerprint density at radius 1 is 1.26 bits per heavy atom. The van der Waals surface area contributed by atoms with E-state index in [4.69, 9.17) is 4.98 Å². The van der Waals surface area contributed by atoms with Gasteiger partial charge in [0.05, 0.1) is 22.4 Å². The maximum atomic E-state index is 12.9. The average Bonchev–Trinajstić information content (AvgIpc) is 3.28. The largest absolute Gasteiger partial charge is 0.324 e. The highest BCUT2D eigenvalue weighted by atomic mass is 32.1. The van der Waals surface area contributed by atoms with Crippen LogP contribution in [0.5, 0.6) is 0 Å². The molecule has 0 saturated carbocycles. The van der Waals surface area contributed by atoms with Gasteiger partial charge in [0.25, 0.3) is 0 Å². The van der Waals surface area contributed by atoms with Crippen molar-refractivity contribution in [1.29, 1.82) is 0 Å². The number of aromatic nitrogens is 3. The van der Waals surface area contributed by atoms with Gasteiger partial charge in [-0.2, -0.15) is 5.10 Å². The first-order valence-electron chi connectivity index (χ1n) is 10.0. The lowest BCUT2D eigenvalue weighted by atomic mass is 9.98. The Kier molecular flexibility index (Phi) is 4.97. The standard InChI is InChI=1S/C20H29N5OS/c1-20(2,3)25-17(10-11-21-25)23-19(26)24-12-6-7-14(13-24)18-22-15-8-4-5-9-16(15)27-18/h10-11,14H,4-9,12-13H2,1-3H3,(H,23,26). The molecule has 7 heteroatoms. The molecule has 0 bridgehead atoms. The van der Waals surface area contributed by atoms with Gasteiger partial charge in [-0.1, -0.05) is 0 Å². The summed E-state index contributed by atoms with van der Waals surface area (Å²) in [5.41, 5.74) is 1.15. The fourth-order valence-corrected chi connectivity index (χ4v) is 5.31. The van der Waals surface area contributed by atoms with Crippen molar-refractivity contribution >= 4 is 23.2 Å². The molecule has 1 saturated heterocycles. The number of amides is 2. The second-order valence-corrected chi connectivity index (χ2v) is 9.76. The van der Waals surface area contributed by atoms with E-state index in [1.807, 2.05) is 27.0 Å². The highest BCUT2D eigenvalue weighted by Crippen LogP contribution is 2.34. The first-order valence-corrected chi connectivity index (χ1v) is 10.8. The Labute approximate surface area is 165 Å². The Bertz CT molecular complexity index is 795. The molecular formula is C20H29N5OS. The molecule has 2 amide bonds. The summed E-state index contributed by atoms with van der Waals surface area (Å²) in [6.45, 7) is 7.80. The molecule has 6 nitrogen and oxygen atoms in total. The van der Waals surface area contributed by atoms with Crippen LogP contribution in [-0.4, -0.2) is 38.8 Å². The summed E-state index contributed by atoms with van der Waals surface area (Å²) < 4.78 is 1.86. The highest BCUT2D eigenvalue weighted by molar-refractivity contribution is 7.11. The number of anilines is 1. The zero-order chi connectivity index (χ0) is 19.0. The lowest BCUT2D eigenvalue weighted by Crippen LogP contribution is -2.42. The normalized spacial score (nSPS) is 20.4. The van der Waals surface area contributed by atoms with E-state index < -0.39 is 0 Å². The topological polar surface area (TPSA) is 63.1 Å². The predicted molar refractivity (Wildman–Crippen MR) is 109 cm³/mol. The summed E-state index contributed by atoms with van der Waals surface area (Å²) in [5, 5.41) is 8.65. The monoisotopic (exact) mass is 387 g/mol. The SMILES string of the molecule is CC(C)(C)n1nccc1NC(=O)N1CCCC(c2nc3c(s2)CCCC3)C1. The molecule has 1 N–H and O–H groups in total. The van der Waals surface area contributed by atoms with E-state index in [1.54, 1.807) is 6.20 Å². The maximum absolute atomic E-state index is 12.9. The molecule has 2 aromatic heterocycles. The minimum absolute atomic E-state index is 0.0352. The highest BCUT2D eigenvalue weighted by Gasteiger charge is 2.29. The van der Waals surface area contributed by atoms with Crippen molar-refractivity contribution in [2.45, 2.75) is 70.8 Å². The van der Waals surface area contributed by atoms with E-state index in [9.17, 15) is 4.79 Å². The van der Waals surface area contributed by atoms with Crippen LogP contribution >= 0.6 is 11.3 Å². The first kappa shape index (κ1) is 18.5. The molecule has 1 aliphatic heterocycles.